The molecule has 0 aromatic heterocycles. The first-order chi connectivity index (χ1) is 11.4. The number of hydrogen-bond donors (Lipinski definition) is 0. The Kier molecular flexibility index (Phi) is 7.34. The molecule has 0 heterocycles. The Bertz CT molecular complexity index is 589. The SMILES string of the molecule is CC(C)CN(CC(F)(F)F)C(=O)CN(C)C(C)c1ccc(F)c(F)c1. The fraction of sp³-hybridized carbons (Fsp3) is 0.588. The Hall–Kier alpha value is -1.70. The Morgan fingerprint density at radius 1 is 1.12 bits per heavy atom. The van der Waals surface area contributed by atoms with Crippen LogP contribution in [0, 0.1) is 17.6 Å². The molecule has 0 fully saturated rings. The number of benzene rings is 1. The van der Waals surface area contributed by atoms with Crippen LogP contribution in [-0.2, 0) is 4.79 Å². The van der Waals surface area contributed by atoms with Crippen LogP contribution in [0.4, 0.5) is 22.0 Å². The lowest BCUT2D eigenvalue weighted by molar-refractivity contribution is -0.162. The van der Waals surface area contributed by atoms with E-state index in [0.717, 1.165) is 17.0 Å². The molecule has 0 bridgehead atoms. The molecule has 0 aliphatic heterocycles. The van der Waals surface area contributed by atoms with Crippen molar-refractivity contribution in [2.45, 2.75) is 33.0 Å². The van der Waals surface area contributed by atoms with Crippen molar-refractivity contribution in [3.63, 3.8) is 0 Å². The summed E-state index contributed by atoms with van der Waals surface area (Å²) in [4.78, 5) is 14.5. The first-order valence-electron chi connectivity index (χ1n) is 7.90. The first-order valence-corrected chi connectivity index (χ1v) is 7.90. The average molecular weight is 366 g/mol. The van der Waals surface area contributed by atoms with Crippen LogP contribution >= 0.6 is 0 Å². The standard InChI is InChI=1S/C17H23F5N2O/c1-11(2)8-24(10-17(20,21)22)16(25)9-23(4)12(3)13-5-6-14(18)15(19)7-13/h5-7,11-12H,8-10H2,1-4H3. The minimum atomic E-state index is -4.48. The smallest absolute Gasteiger partial charge is 0.332 e. The molecule has 3 nitrogen and oxygen atoms in total. The second-order valence-electron chi connectivity index (χ2n) is 6.55. The van der Waals surface area contributed by atoms with Gasteiger partial charge < -0.3 is 4.90 Å². The van der Waals surface area contributed by atoms with Crippen LogP contribution in [-0.4, -0.2) is 48.6 Å². The Morgan fingerprint density at radius 3 is 2.20 bits per heavy atom. The third-order valence-electron chi connectivity index (χ3n) is 3.78. The van der Waals surface area contributed by atoms with E-state index in [-0.39, 0.29) is 19.0 Å². The molecule has 1 aromatic rings. The van der Waals surface area contributed by atoms with Gasteiger partial charge in [0.25, 0.3) is 0 Å². The summed E-state index contributed by atoms with van der Waals surface area (Å²) in [6, 6.07) is 2.91. The lowest BCUT2D eigenvalue weighted by Crippen LogP contribution is -2.45. The number of rotatable bonds is 7. The van der Waals surface area contributed by atoms with Crippen LogP contribution < -0.4 is 0 Å². The highest BCUT2D eigenvalue weighted by Crippen LogP contribution is 2.22. The maximum atomic E-state index is 13.3. The van der Waals surface area contributed by atoms with Gasteiger partial charge in [0.2, 0.25) is 5.91 Å². The predicted molar refractivity (Wildman–Crippen MR) is 84.9 cm³/mol. The lowest BCUT2D eigenvalue weighted by Gasteiger charge is -2.30. The zero-order valence-electron chi connectivity index (χ0n) is 14.7. The number of carbonyl (C=O) groups excluding carboxylic acids is 1. The molecular formula is C17H23F5N2O. The molecular weight excluding hydrogens is 343 g/mol. The Labute approximate surface area is 144 Å². The van der Waals surface area contributed by atoms with E-state index in [4.69, 9.17) is 0 Å². The van der Waals surface area contributed by atoms with Crippen molar-refractivity contribution in [1.29, 1.82) is 0 Å². The van der Waals surface area contributed by atoms with Gasteiger partial charge in [0, 0.05) is 12.6 Å². The molecule has 8 heteroatoms. The zero-order valence-corrected chi connectivity index (χ0v) is 14.7. The maximum Gasteiger partial charge on any atom is 0.406 e. The molecule has 0 aliphatic carbocycles. The van der Waals surface area contributed by atoms with Crippen molar-refractivity contribution >= 4 is 5.91 Å². The molecule has 1 atom stereocenters. The van der Waals surface area contributed by atoms with Gasteiger partial charge in [-0.3, -0.25) is 9.69 Å². The van der Waals surface area contributed by atoms with Gasteiger partial charge in [-0.2, -0.15) is 13.2 Å². The minimum absolute atomic E-state index is 0.00819. The van der Waals surface area contributed by atoms with Gasteiger partial charge in [-0.1, -0.05) is 19.9 Å². The molecule has 25 heavy (non-hydrogen) atoms. The molecule has 0 saturated carbocycles. The number of amides is 1. The molecule has 142 valence electrons. The maximum absolute atomic E-state index is 13.3. The second kappa shape index (κ2) is 8.60. The van der Waals surface area contributed by atoms with Crippen LogP contribution in [0.2, 0.25) is 0 Å². The van der Waals surface area contributed by atoms with Crippen molar-refractivity contribution < 1.29 is 26.7 Å². The summed E-state index contributed by atoms with van der Waals surface area (Å²) in [5.41, 5.74) is 0.431. The van der Waals surface area contributed by atoms with Crippen molar-refractivity contribution in [1.82, 2.24) is 9.80 Å². The summed E-state index contributed by atoms with van der Waals surface area (Å²) in [7, 11) is 1.55. The largest absolute Gasteiger partial charge is 0.406 e. The summed E-state index contributed by atoms with van der Waals surface area (Å²) in [5.74, 6) is -2.77. The number of halogens is 5. The van der Waals surface area contributed by atoms with Gasteiger partial charge in [-0.15, -0.1) is 0 Å². The second-order valence-corrected chi connectivity index (χ2v) is 6.55. The third-order valence-corrected chi connectivity index (χ3v) is 3.78. The first kappa shape index (κ1) is 21.3. The van der Waals surface area contributed by atoms with Crippen molar-refractivity contribution in [2.75, 3.05) is 26.7 Å². The van der Waals surface area contributed by atoms with E-state index < -0.39 is 36.3 Å². The molecule has 0 aliphatic rings. The summed E-state index contributed by atoms with van der Waals surface area (Å²) >= 11 is 0. The monoisotopic (exact) mass is 366 g/mol. The van der Waals surface area contributed by atoms with E-state index in [2.05, 4.69) is 0 Å². The molecule has 1 amide bonds. The van der Waals surface area contributed by atoms with E-state index in [1.807, 2.05) is 0 Å². The molecule has 0 radical (unpaired) electrons. The van der Waals surface area contributed by atoms with Gasteiger partial charge in [0.05, 0.1) is 6.54 Å². The normalized spacial score (nSPS) is 13.4. The fourth-order valence-corrected chi connectivity index (χ4v) is 2.39. The van der Waals surface area contributed by atoms with Crippen molar-refractivity contribution in [3.8, 4) is 0 Å². The number of nitrogens with zero attached hydrogens (tertiary/aromatic N) is 2. The highest BCUT2D eigenvalue weighted by atomic mass is 19.4. The van der Waals surface area contributed by atoms with Crippen LogP contribution in [0.25, 0.3) is 0 Å². The van der Waals surface area contributed by atoms with Gasteiger partial charge in [-0.25, -0.2) is 8.78 Å². The molecule has 1 aromatic carbocycles. The topological polar surface area (TPSA) is 23.6 Å². The van der Waals surface area contributed by atoms with Gasteiger partial charge in [0.15, 0.2) is 11.6 Å². The number of hydrogen-bond acceptors (Lipinski definition) is 2. The van der Waals surface area contributed by atoms with Gasteiger partial charge >= 0.3 is 6.18 Å². The number of alkyl halides is 3. The summed E-state index contributed by atoms with van der Waals surface area (Å²) in [6.07, 6.45) is -4.48. The Morgan fingerprint density at radius 2 is 1.72 bits per heavy atom. The van der Waals surface area contributed by atoms with E-state index in [1.54, 1.807) is 27.8 Å². The average Bonchev–Trinajstić information content (AvgIpc) is 2.46. The highest BCUT2D eigenvalue weighted by molar-refractivity contribution is 5.78. The predicted octanol–water partition coefficient (Wildman–Crippen LogP) is 4.00. The summed E-state index contributed by atoms with van der Waals surface area (Å²) in [5, 5.41) is 0. The zero-order chi connectivity index (χ0) is 19.4. The van der Waals surface area contributed by atoms with E-state index in [9.17, 15) is 26.7 Å². The lowest BCUT2D eigenvalue weighted by atomic mass is 10.1. The van der Waals surface area contributed by atoms with E-state index in [0.29, 0.717) is 5.56 Å². The van der Waals surface area contributed by atoms with E-state index >= 15 is 0 Å². The molecule has 0 spiro atoms. The fourth-order valence-electron chi connectivity index (χ4n) is 2.39. The van der Waals surface area contributed by atoms with Gasteiger partial charge in [0.1, 0.15) is 6.54 Å². The number of likely N-dealkylation sites (N-methyl/N-ethyl adjacent to an activating group) is 1. The summed E-state index contributed by atoms with van der Waals surface area (Å²) < 4.78 is 64.4. The van der Waals surface area contributed by atoms with Crippen LogP contribution in [0.1, 0.15) is 32.4 Å². The molecule has 0 saturated heterocycles. The van der Waals surface area contributed by atoms with Crippen LogP contribution in [0.5, 0.6) is 0 Å². The Balaban J connectivity index is 2.81. The van der Waals surface area contributed by atoms with Gasteiger partial charge in [-0.05, 0) is 37.6 Å². The highest BCUT2D eigenvalue weighted by Gasteiger charge is 2.33. The number of carbonyl (C=O) groups is 1. The third kappa shape index (κ3) is 6.97. The van der Waals surface area contributed by atoms with E-state index in [1.165, 1.54) is 11.0 Å². The van der Waals surface area contributed by atoms with Crippen LogP contribution in [0.3, 0.4) is 0 Å². The quantitative estimate of drug-likeness (QED) is 0.681. The van der Waals surface area contributed by atoms with Crippen molar-refractivity contribution in [2.24, 2.45) is 5.92 Å². The molecule has 0 N–H and O–H groups in total. The molecule has 1 rings (SSSR count). The van der Waals surface area contributed by atoms with Crippen LogP contribution in [0.15, 0.2) is 18.2 Å². The summed E-state index contributed by atoms with van der Waals surface area (Å²) in [6.45, 7) is 3.54. The molecule has 1 unspecified atom stereocenters. The van der Waals surface area contributed by atoms with Crippen molar-refractivity contribution in [3.05, 3.63) is 35.4 Å². The minimum Gasteiger partial charge on any atom is -0.332 e.